The van der Waals surface area contributed by atoms with E-state index >= 15 is 0 Å². The predicted octanol–water partition coefficient (Wildman–Crippen LogP) is 3.05. The van der Waals surface area contributed by atoms with Crippen molar-refractivity contribution in [2.75, 3.05) is 24.5 Å². The topological polar surface area (TPSA) is 75.7 Å². The zero-order valence-electron chi connectivity index (χ0n) is 16.1. The Morgan fingerprint density at radius 1 is 1.10 bits per heavy atom. The van der Waals surface area contributed by atoms with Crippen LogP contribution in [0.4, 0.5) is 6.01 Å². The largest absolute Gasteiger partial charge is 0.423 e. The Morgan fingerprint density at radius 2 is 1.93 bits per heavy atom. The first kappa shape index (κ1) is 17.7. The summed E-state index contributed by atoms with van der Waals surface area (Å²) >= 11 is 0. The van der Waals surface area contributed by atoms with Crippen molar-refractivity contribution in [3.05, 3.63) is 60.6 Å². The van der Waals surface area contributed by atoms with E-state index in [0.29, 0.717) is 12.6 Å². The number of carbonyl (C=O) groups excluding carboxylic acids is 1. The molecule has 3 aromatic heterocycles. The van der Waals surface area contributed by atoms with Gasteiger partial charge in [-0.15, -0.1) is 0 Å². The van der Waals surface area contributed by atoms with Gasteiger partial charge in [0.15, 0.2) is 5.58 Å². The molecule has 4 aromatic rings. The molecule has 1 aromatic carbocycles. The molecule has 0 bridgehead atoms. The van der Waals surface area contributed by atoms with Gasteiger partial charge in [0.25, 0.3) is 6.01 Å². The Bertz CT molecular complexity index is 1070. The second kappa shape index (κ2) is 7.58. The van der Waals surface area contributed by atoms with E-state index in [2.05, 4.69) is 20.2 Å². The molecule has 0 aliphatic carbocycles. The van der Waals surface area contributed by atoms with Gasteiger partial charge in [0.2, 0.25) is 5.91 Å². The summed E-state index contributed by atoms with van der Waals surface area (Å²) < 4.78 is 7.85. The number of nitrogens with zero attached hydrogens (tertiary/aromatic N) is 4. The van der Waals surface area contributed by atoms with E-state index in [1.807, 2.05) is 59.3 Å². The summed E-state index contributed by atoms with van der Waals surface area (Å²) in [6.07, 6.45) is 6.34. The third kappa shape index (κ3) is 3.68. The number of carbonyl (C=O) groups is 1. The van der Waals surface area contributed by atoms with Crippen molar-refractivity contribution in [3.63, 3.8) is 0 Å². The molecule has 7 heteroatoms. The van der Waals surface area contributed by atoms with Gasteiger partial charge in [-0.3, -0.25) is 4.79 Å². The van der Waals surface area contributed by atoms with Gasteiger partial charge in [-0.25, -0.2) is 4.98 Å². The molecular formula is C22H23N5O2. The van der Waals surface area contributed by atoms with Crippen molar-refractivity contribution in [2.45, 2.75) is 19.3 Å². The van der Waals surface area contributed by atoms with Gasteiger partial charge in [-0.2, -0.15) is 4.98 Å². The molecule has 4 heterocycles. The minimum atomic E-state index is 0.0386. The van der Waals surface area contributed by atoms with Crippen LogP contribution in [-0.2, 0) is 11.2 Å². The number of oxazole rings is 1. The third-order valence-corrected chi connectivity index (χ3v) is 5.51. The van der Waals surface area contributed by atoms with Crippen LogP contribution in [-0.4, -0.2) is 39.9 Å². The van der Waals surface area contributed by atoms with Crippen molar-refractivity contribution >= 4 is 28.7 Å². The molecule has 1 N–H and O–H groups in total. The number of rotatable bonds is 5. The third-order valence-electron chi connectivity index (χ3n) is 5.51. The van der Waals surface area contributed by atoms with Gasteiger partial charge in [0.1, 0.15) is 11.2 Å². The number of anilines is 1. The zero-order chi connectivity index (χ0) is 19.6. The standard InChI is InChI=1S/C22H23N5O2/c28-21(23-11-8-17-15-27-12-4-3-7-20(27)24-17)16-9-13-26(14-10-16)22-25-18-5-1-2-6-19(18)29-22/h1-7,12,15-16H,8-11,13-14H2,(H,23,28). The molecule has 0 saturated carbocycles. The number of imidazole rings is 1. The highest BCUT2D eigenvalue weighted by atomic mass is 16.4. The van der Waals surface area contributed by atoms with Crippen LogP contribution in [0.1, 0.15) is 18.5 Å². The minimum Gasteiger partial charge on any atom is -0.423 e. The lowest BCUT2D eigenvalue weighted by Crippen LogP contribution is -2.41. The molecule has 1 fully saturated rings. The van der Waals surface area contributed by atoms with Crippen LogP contribution in [0.2, 0.25) is 0 Å². The van der Waals surface area contributed by atoms with Crippen molar-refractivity contribution in [3.8, 4) is 0 Å². The molecule has 5 rings (SSSR count). The minimum absolute atomic E-state index is 0.0386. The van der Waals surface area contributed by atoms with Crippen molar-refractivity contribution in [1.82, 2.24) is 19.7 Å². The Labute approximate surface area is 168 Å². The molecule has 0 spiro atoms. The van der Waals surface area contributed by atoms with Gasteiger partial charge in [0.05, 0.1) is 5.69 Å². The van der Waals surface area contributed by atoms with Crippen LogP contribution >= 0.6 is 0 Å². The van der Waals surface area contributed by atoms with E-state index in [0.717, 1.165) is 54.8 Å². The fourth-order valence-corrected chi connectivity index (χ4v) is 3.89. The molecular weight excluding hydrogens is 366 g/mol. The number of amides is 1. The van der Waals surface area contributed by atoms with E-state index in [1.165, 1.54) is 0 Å². The summed E-state index contributed by atoms with van der Waals surface area (Å²) in [7, 11) is 0. The van der Waals surface area contributed by atoms with Crippen LogP contribution in [0.15, 0.2) is 59.3 Å². The van der Waals surface area contributed by atoms with Crippen LogP contribution in [0, 0.1) is 5.92 Å². The van der Waals surface area contributed by atoms with Crippen molar-refractivity contribution in [1.29, 1.82) is 0 Å². The van der Waals surface area contributed by atoms with Crippen LogP contribution in [0.25, 0.3) is 16.7 Å². The summed E-state index contributed by atoms with van der Waals surface area (Å²) in [5.74, 6) is 0.169. The highest BCUT2D eigenvalue weighted by Gasteiger charge is 2.27. The fourth-order valence-electron chi connectivity index (χ4n) is 3.89. The normalized spacial score (nSPS) is 15.2. The Balaban J connectivity index is 1.12. The van der Waals surface area contributed by atoms with Gasteiger partial charge < -0.3 is 19.0 Å². The van der Waals surface area contributed by atoms with Crippen molar-refractivity contribution in [2.24, 2.45) is 5.92 Å². The number of nitrogens with one attached hydrogen (secondary N) is 1. The number of benzene rings is 1. The maximum atomic E-state index is 12.6. The van der Waals surface area contributed by atoms with Gasteiger partial charge in [0, 0.05) is 44.4 Å². The molecule has 7 nitrogen and oxygen atoms in total. The molecule has 1 aliphatic rings. The number of hydrogen-bond acceptors (Lipinski definition) is 5. The SMILES string of the molecule is O=C(NCCc1cn2ccccc2n1)C1CCN(c2nc3ccccc3o2)CC1. The number of para-hydroxylation sites is 2. The highest BCUT2D eigenvalue weighted by Crippen LogP contribution is 2.26. The molecule has 29 heavy (non-hydrogen) atoms. The second-order valence-corrected chi connectivity index (χ2v) is 7.46. The highest BCUT2D eigenvalue weighted by molar-refractivity contribution is 5.79. The van der Waals surface area contributed by atoms with Gasteiger partial charge in [-0.1, -0.05) is 18.2 Å². The first-order valence-corrected chi connectivity index (χ1v) is 10.1. The smallest absolute Gasteiger partial charge is 0.298 e. The fraction of sp³-hybridized carbons (Fsp3) is 0.318. The lowest BCUT2D eigenvalue weighted by Gasteiger charge is -2.30. The maximum absolute atomic E-state index is 12.6. The summed E-state index contributed by atoms with van der Waals surface area (Å²) in [5, 5.41) is 3.08. The molecule has 0 atom stereocenters. The summed E-state index contributed by atoms with van der Waals surface area (Å²) in [5.41, 5.74) is 3.59. The van der Waals surface area contributed by atoms with E-state index in [-0.39, 0.29) is 11.8 Å². The van der Waals surface area contributed by atoms with Gasteiger partial charge in [-0.05, 0) is 37.1 Å². The van der Waals surface area contributed by atoms with E-state index in [9.17, 15) is 4.79 Å². The van der Waals surface area contributed by atoms with E-state index in [1.54, 1.807) is 0 Å². The number of pyridine rings is 1. The number of aromatic nitrogens is 3. The molecule has 0 radical (unpaired) electrons. The molecule has 1 amide bonds. The second-order valence-electron chi connectivity index (χ2n) is 7.46. The van der Waals surface area contributed by atoms with E-state index in [4.69, 9.17) is 4.42 Å². The maximum Gasteiger partial charge on any atom is 0.298 e. The monoisotopic (exact) mass is 389 g/mol. The predicted molar refractivity (Wildman–Crippen MR) is 111 cm³/mol. The van der Waals surface area contributed by atoms with E-state index < -0.39 is 0 Å². The Hall–Kier alpha value is -3.35. The molecule has 0 unspecified atom stereocenters. The van der Waals surface area contributed by atoms with Crippen LogP contribution in [0.5, 0.6) is 0 Å². The van der Waals surface area contributed by atoms with Crippen LogP contribution in [0.3, 0.4) is 0 Å². The average Bonchev–Trinajstić information content (AvgIpc) is 3.37. The van der Waals surface area contributed by atoms with Crippen LogP contribution < -0.4 is 10.2 Å². The molecule has 148 valence electrons. The molecule has 1 saturated heterocycles. The quantitative estimate of drug-likeness (QED) is 0.568. The summed E-state index contributed by atoms with van der Waals surface area (Å²) in [4.78, 5) is 23.8. The summed E-state index contributed by atoms with van der Waals surface area (Å²) in [6.45, 7) is 2.16. The Morgan fingerprint density at radius 3 is 2.76 bits per heavy atom. The van der Waals surface area contributed by atoms with Gasteiger partial charge >= 0.3 is 0 Å². The first-order chi connectivity index (χ1) is 14.3. The number of fused-ring (bicyclic) bond motifs is 2. The lowest BCUT2D eigenvalue weighted by molar-refractivity contribution is -0.125. The number of hydrogen-bond donors (Lipinski definition) is 1. The molecule has 1 aliphatic heterocycles. The summed E-state index contributed by atoms with van der Waals surface area (Å²) in [6, 6.07) is 14.4. The zero-order valence-corrected chi connectivity index (χ0v) is 16.1. The average molecular weight is 389 g/mol. The lowest BCUT2D eigenvalue weighted by atomic mass is 9.96. The number of piperidine rings is 1. The first-order valence-electron chi connectivity index (χ1n) is 10.1. The Kier molecular flexibility index (Phi) is 4.63. The van der Waals surface area contributed by atoms with Crippen molar-refractivity contribution < 1.29 is 9.21 Å².